The molecule has 1 heterocycles. The Morgan fingerprint density at radius 2 is 2.13 bits per heavy atom. The van der Waals surface area contributed by atoms with Gasteiger partial charge in [-0.15, -0.1) is 0 Å². The average molecular weight is 210 g/mol. The topological polar surface area (TPSA) is 99.0 Å². The fourth-order valence-electron chi connectivity index (χ4n) is 1.07. The minimum Gasteiger partial charge on any atom is -0.481 e. The molecule has 6 heteroatoms. The summed E-state index contributed by atoms with van der Waals surface area (Å²) in [6, 6.07) is 0. The zero-order chi connectivity index (χ0) is 11.3. The van der Waals surface area contributed by atoms with E-state index in [1.54, 1.807) is 12.2 Å². The minimum atomic E-state index is -1.22. The summed E-state index contributed by atoms with van der Waals surface area (Å²) in [4.78, 5) is 25.1. The first-order valence-electron chi connectivity index (χ1n) is 4.22. The summed E-state index contributed by atoms with van der Waals surface area (Å²) in [6.45, 7) is 0. The van der Waals surface area contributed by atoms with Crippen LogP contribution in [0.3, 0.4) is 0 Å². The summed E-state index contributed by atoms with van der Waals surface area (Å²) in [5.74, 6) is -3.43. The zero-order valence-corrected chi connectivity index (χ0v) is 7.75. The first-order valence-corrected chi connectivity index (χ1v) is 4.22. The second-order valence-electron chi connectivity index (χ2n) is 2.85. The number of rotatable bonds is 4. The molecule has 0 radical (unpaired) electrons. The van der Waals surface area contributed by atoms with Gasteiger partial charge in [-0.05, 0) is 12.2 Å². The molecule has 3 N–H and O–H groups in total. The predicted molar refractivity (Wildman–Crippen MR) is 52.2 cm³/mol. The molecular weight excluding hydrogens is 200 g/mol. The fourth-order valence-corrected chi connectivity index (χ4v) is 1.07. The number of nitrogens with one attached hydrogen (secondary N) is 1. The van der Waals surface area contributed by atoms with Gasteiger partial charge in [-0.2, -0.15) is 0 Å². The van der Waals surface area contributed by atoms with Crippen molar-refractivity contribution in [2.45, 2.75) is 6.42 Å². The van der Waals surface area contributed by atoms with Gasteiger partial charge in [0, 0.05) is 12.4 Å². The average Bonchev–Trinajstić information content (AvgIpc) is 2.41. The van der Waals surface area contributed by atoms with E-state index in [9.17, 15) is 9.59 Å². The van der Waals surface area contributed by atoms with Crippen molar-refractivity contribution in [3.63, 3.8) is 0 Å². The highest BCUT2D eigenvalue weighted by Crippen LogP contribution is 2.07. The van der Waals surface area contributed by atoms with E-state index in [1.807, 2.05) is 0 Å². The third-order valence-electron chi connectivity index (χ3n) is 1.75. The lowest BCUT2D eigenvalue weighted by Crippen LogP contribution is -2.34. The number of carbonyl (C=O) groups is 2. The van der Waals surface area contributed by atoms with E-state index in [1.165, 1.54) is 12.4 Å². The number of aliphatic carboxylic acids is 2. The van der Waals surface area contributed by atoms with Crippen LogP contribution in [0.1, 0.15) is 6.42 Å². The predicted octanol–water partition coefficient (Wildman–Crippen LogP) is 0.191. The van der Waals surface area contributed by atoms with E-state index in [4.69, 9.17) is 10.2 Å². The summed E-state index contributed by atoms with van der Waals surface area (Å²) in [5.41, 5.74) is 0. The van der Waals surface area contributed by atoms with Crippen molar-refractivity contribution in [3.8, 4) is 0 Å². The van der Waals surface area contributed by atoms with Gasteiger partial charge >= 0.3 is 11.9 Å². The van der Waals surface area contributed by atoms with Crippen LogP contribution in [0.5, 0.6) is 0 Å². The van der Waals surface area contributed by atoms with Crippen molar-refractivity contribution < 1.29 is 19.8 Å². The van der Waals surface area contributed by atoms with E-state index in [-0.39, 0.29) is 5.84 Å². The Labute approximate surface area is 85.6 Å². The number of carboxylic acid groups (broad SMARTS) is 2. The quantitative estimate of drug-likeness (QED) is 0.615. The zero-order valence-electron chi connectivity index (χ0n) is 7.75. The van der Waals surface area contributed by atoms with E-state index in [2.05, 4.69) is 10.3 Å². The van der Waals surface area contributed by atoms with Gasteiger partial charge in [-0.25, -0.2) is 4.99 Å². The lowest BCUT2D eigenvalue weighted by Gasteiger charge is -2.11. The summed E-state index contributed by atoms with van der Waals surface area (Å²) < 4.78 is 0. The molecule has 0 fully saturated rings. The maximum atomic E-state index is 10.8. The van der Waals surface area contributed by atoms with Gasteiger partial charge in [0.15, 0.2) is 0 Å². The van der Waals surface area contributed by atoms with Gasteiger partial charge in [0.25, 0.3) is 0 Å². The van der Waals surface area contributed by atoms with Crippen LogP contribution in [0.25, 0.3) is 0 Å². The number of aliphatic imine (C=N–C) groups is 1. The molecule has 1 aliphatic heterocycles. The molecule has 80 valence electrons. The van der Waals surface area contributed by atoms with Crippen LogP contribution in [-0.2, 0) is 9.59 Å². The Morgan fingerprint density at radius 3 is 2.73 bits per heavy atom. The van der Waals surface area contributed by atoms with Gasteiger partial charge < -0.3 is 15.5 Å². The van der Waals surface area contributed by atoms with Crippen molar-refractivity contribution in [1.29, 1.82) is 0 Å². The number of carboxylic acids is 2. The number of allylic oxidation sites excluding steroid dienone is 2. The number of hydrogen-bond donors (Lipinski definition) is 3. The molecule has 0 aromatic rings. The molecule has 0 spiro atoms. The lowest BCUT2D eigenvalue weighted by atomic mass is 10.0. The van der Waals surface area contributed by atoms with Gasteiger partial charge in [0.2, 0.25) is 0 Å². The highest BCUT2D eigenvalue weighted by molar-refractivity contribution is 6.03. The van der Waals surface area contributed by atoms with Gasteiger partial charge in [-0.1, -0.05) is 0 Å². The maximum absolute atomic E-state index is 10.8. The number of hydrogen-bond acceptors (Lipinski definition) is 4. The molecule has 0 aromatic heterocycles. The molecule has 1 unspecified atom stereocenters. The molecule has 1 aliphatic rings. The van der Waals surface area contributed by atoms with E-state index >= 15 is 0 Å². The van der Waals surface area contributed by atoms with Crippen molar-refractivity contribution in [3.05, 3.63) is 24.6 Å². The molecule has 0 aliphatic carbocycles. The highest BCUT2D eigenvalue weighted by Gasteiger charge is 2.26. The molecule has 6 nitrogen and oxygen atoms in total. The van der Waals surface area contributed by atoms with Gasteiger partial charge in [0.05, 0.1) is 6.42 Å². The SMILES string of the molecule is O=C(O)CC(C(=O)O)C1=NC=CC=CN1. The first-order chi connectivity index (χ1) is 7.11. The summed E-state index contributed by atoms with van der Waals surface area (Å²) >= 11 is 0. The molecular formula is C9H10N2O4. The molecule has 0 bridgehead atoms. The second-order valence-corrected chi connectivity index (χ2v) is 2.85. The van der Waals surface area contributed by atoms with Crippen molar-refractivity contribution in [2.75, 3.05) is 0 Å². The molecule has 1 rings (SSSR count). The summed E-state index contributed by atoms with van der Waals surface area (Å²) in [7, 11) is 0. The van der Waals surface area contributed by atoms with Crippen LogP contribution in [0, 0.1) is 5.92 Å². The van der Waals surface area contributed by atoms with Crippen molar-refractivity contribution >= 4 is 17.8 Å². The van der Waals surface area contributed by atoms with Crippen LogP contribution in [0.2, 0.25) is 0 Å². The third-order valence-corrected chi connectivity index (χ3v) is 1.75. The van der Waals surface area contributed by atoms with Crippen LogP contribution < -0.4 is 5.32 Å². The number of nitrogens with zero attached hydrogens (tertiary/aromatic N) is 1. The van der Waals surface area contributed by atoms with Crippen LogP contribution >= 0.6 is 0 Å². The molecule has 1 atom stereocenters. The Hall–Kier alpha value is -2.11. The maximum Gasteiger partial charge on any atom is 0.314 e. The van der Waals surface area contributed by atoms with Gasteiger partial charge in [0.1, 0.15) is 11.8 Å². The molecule has 15 heavy (non-hydrogen) atoms. The van der Waals surface area contributed by atoms with E-state index in [0.717, 1.165) is 0 Å². The van der Waals surface area contributed by atoms with Crippen LogP contribution in [0.4, 0.5) is 0 Å². The van der Waals surface area contributed by atoms with Crippen molar-refractivity contribution in [2.24, 2.45) is 10.9 Å². The first kappa shape index (κ1) is 11.0. The Bertz CT molecular complexity index is 357. The van der Waals surface area contributed by atoms with Crippen molar-refractivity contribution in [1.82, 2.24) is 5.32 Å². The molecule has 0 saturated heterocycles. The summed E-state index contributed by atoms with van der Waals surface area (Å²) in [5, 5.41) is 20.0. The van der Waals surface area contributed by atoms with E-state index in [0.29, 0.717) is 0 Å². The highest BCUT2D eigenvalue weighted by atomic mass is 16.4. The molecule has 0 amide bonds. The van der Waals surface area contributed by atoms with Crippen LogP contribution in [-0.4, -0.2) is 28.0 Å². The molecule has 0 saturated carbocycles. The Kier molecular flexibility index (Phi) is 3.61. The molecule has 0 aromatic carbocycles. The van der Waals surface area contributed by atoms with Crippen LogP contribution in [0.15, 0.2) is 29.5 Å². The lowest BCUT2D eigenvalue weighted by molar-refractivity contribution is -0.145. The Balaban J connectivity index is 2.84. The largest absolute Gasteiger partial charge is 0.481 e. The monoisotopic (exact) mass is 210 g/mol. The third kappa shape index (κ3) is 3.26. The fraction of sp³-hybridized carbons (Fsp3) is 0.222. The Morgan fingerprint density at radius 1 is 1.40 bits per heavy atom. The normalized spacial score (nSPS) is 16.1. The standard InChI is InChI=1S/C9H10N2O4/c12-7(13)5-6(9(14)15)8-10-3-1-2-4-11-8/h1-4,6H,5H2,(H,10,11)(H,12,13)(H,14,15). The second kappa shape index (κ2) is 4.94. The minimum absolute atomic E-state index is 0.120. The smallest absolute Gasteiger partial charge is 0.314 e. The van der Waals surface area contributed by atoms with E-state index < -0.39 is 24.3 Å². The summed E-state index contributed by atoms with van der Waals surface area (Å²) in [6.07, 6.45) is 5.66. The van der Waals surface area contributed by atoms with Gasteiger partial charge in [-0.3, -0.25) is 9.59 Å². The number of amidine groups is 1.